The highest BCUT2D eigenvalue weighted by Gasteiger charge is 2.24. The van der Waals surface area contributed by atoms with Crippen molar-refractivity contribution in [2.24, 2.45) is 0 Å². The van der Waals surface area contributed by atoms with Gasteiger partial charge in [0.2, 0.25) is 6.29 Å². The smallest absolute Gasteiger partial charge is 0.334 e. The van der Waals surface area contributed by atoms with Gasteiger partial charge in [-0.1, -0.05) is 0 Å². The molecule has 0 saturated heterocycles. The zero-order valence-corrected chi connectivity index (χ0v) is 6.60. The van der Waals surface area contributed by atoms with Gasteiger partial charge >= 0.3 is 5.97 Å². The first-order chi connectivity index (χ1) is 4.77. The van der Waals surface area contributed by atoms with Gasteiger partial charge in [-0.05, 0) is 6.26 Å². The van der Waals surface area contributed by atoms with E-state index in [9.17, 15) is 4.79 Å². The van der Waals surface area contributed by atoms with Crippen molar-refractivity contribution in [2.45, 2.75) is 6.29 Å². The van der Waals surface area contributed by atoms with Crippen molar-refractivity contribution in [3.8, 4) is 0 Å². The Bertz CT molecular complexity index is 176. The molecule has 10 heavy (non-hydrogen) atoms. The number of carbonyl (C=O) groups is 1. The van der Waals surface area contributed by atoms with Gasteiger partial charge < -0.3 is 9.47 Å². The molecule has 1 aliphatic heterocycles. The molecule has 0 aromatic heterocycles. The van der Waals surface area contributed by atoms with Crippen LogP contribution in [0.4, 0.5) is 0 Å². The summed E-state index contributed by atoms with van der Waals surface area (Å²) in [5, 5.41) is 0. The molecule has 0 saturated carbocycles. The molecule has 0 aromatic rings. The third-order valence-electron chi connectivity index (χ3n) is 1.17. The highest BCUT2D eigenvalue weighted by Crippen LogP contribution is 2.24. The second kappa shape index (κ2) is 3.07. The van der Waals surface area contributed by atoms with Crippen LogP contribution < -0.4 is 0 Å². The summed E-state index contributed by atoms with van der Waals surface area (Å²) in [6.45, 7) is 0. The third-order valence-corrected chi connectivity index (χ3v) is 1.95. The maximum Gasteiger partial charge on any atom is 0.334 e. The lowest BCUT2D eigenvalue weighted by Gasteiger charge is -2.08. The van der Waals surface area contributed by atoms with Crippen molar-refractivity contribution in [3.63, 3.8) is 0 Å². The van der Waals surface area contributed by atoms with E-state index in [1.807, 2.05) is 6.26 Å². The topological polar surface area (TPSA) is 35.5 Å². The number of rotatable bonds is 2. The van der Waals surface area contributed by atoms with Crippen LogP contribution in [0.15, 0.2) is 11.0 Å². The Kier molecular flexibility index (Phi) is 2.34. The number of carbonyl (C=O) groups excluding carboxylic acids is 1. The minimum Gasteiger partial charge on any atom is -0.427 e. The highest BCUT2D eigenvalue weighted by molar-refractivity contribution is 8.02. The van der Waals surface area contributed by atoms with Gasteiger partial charge in [0.05, 0.1) is 4.91 Å². The summed E-state index contributed by atoms with van der Waals surface area (Å²) in [6.07, 6.45) is 2.85. The predicted octanol–water partition coefficient (Wildman–Crippen LogP) is 0.763. The molecule has 0 spiro atoms. The van der Waals surface area contributed by atoms with Crippen LogP contribution in [-0.2, 0) is 14.3 Å². The Morgan fingerprint density at radius 3 is 2.90 bits per heavy atom. The number of hydrogen-bond acceptors (Lipinski definition) is 4. The zero-order valence-electron chi connectivity index (χ0n) is 5.79. The SMILES string of the molecule is COC1OC(=O)C=C1SC. The fourth-order valence-electron chi connectivity index (χ4n) is 0.701. The molecule has 1 unspecified atom stereocenters. The van der Waals surface area contributed by atoms with Crippen LogP contribution in [0.2, 0.25) is 0 Å². The van der Waals surface area contributed by atoms with Gasteiger partial charge in [0, 0.05) is 13.2 Å². The maximum absolute atomic E-state index is 10.6. The van der Waals surface area contributed by atoms with Crippen molar-refractivity contribution in [1.82, 2.24) is 0 Å². The van der Waals surface area contributed by atoms with Crippen molar-refractivity contribution in [1.29, 1.82) is 0 Å². The Hall–Kier alpha value is -0.480. The van der Waals surface area contributed by atoms with Gasteiger partial charge in [-0.2, -0.15) is 0 Å². The Labute approximate surface area is 63.4 Å². The van der Waals surface area contributed by atoms with Gasteiger partial charge in [0.15, 0.2) is 0 Å². The summed E-state index contributed by atoms with van der Waals surface area (Å²) in [4.78, 5) is 11.4. The zero-order chi connectivity index (χ0) is 7.56. The first kappa shape index (κ1) is 7.63. The minimum atomic E-state index is -0.470. The van der Waals surface area contributed by atoms with Crippen molar-refractivity contribution >= 4 is 17.7 Å². The van der Waals surface area contributed by atoms with E-state index in [2.05, 4.69) is 0 Å². The molecular weight excluding hydrogens is 152 g/mol. The Morgan fingerprint density at radius 2 is 2.50 bits per heavy atom. The van der Waals surface area contributed by atoms with Gasteiger partial charge in [-0.3, -0.25) is 0 Å². The fourth-order valence-corrected chi connectivity index (χ4v) is 1.25. The Balaban J connectivity index is 2.65. The minimum absolute atomic E-state index is 0.323. The fraction of sp³-hybridized carbons (Fsp3) is 0.500. The molecule has 1 atom stereocenters. The summed E-state index contributed by atoms with van der Waals surface area (Å²) in [7, 11) is 1.51. The Morgan fingerprint density at radius 1 is 1.80 bits per heavy atom. The van der Waals surface area contributed by atoms with Crippen molar-refractivity contribution in [3.05, 3.63) is 11.0 Å². The monoisotopic (exact) mass is 160 g/mol. The molecule has 0 amide bonds. The van der Waals surface area contributed by atoms with E-state index < -0.39 is 6.29 Å². The second-order valence-corrected chi connectivity index (χ2v) is 2.63. The highest BCUT2D eigenvalue weighted by atomic mass is 32.2. The third kappa shape index (κ3) is 1.33. The van der Waals surface area contributed by atoms with E-state index in [1.165, 1.54) is 24.9 Å². The number of ether oxygens (including phenoxy) is 2. The van der Waals surface area contributed by atoms with Crippen LogP contribution in [0.1, 0.15) is 0 Å². The first-order valence-corrected chi connectivity index (χ1v) is 3.99. The quantitative estimate of drug-likeness (QED) is 0.559. The van der Waals surface area contributed by atoms with E-state index in [-0.39, 0.29) is 5.97 Å². The maximum atomic E-state index is 10.6. The average molecular weight is 160 g/mol. The molecule has 0 N–H and O–H groups in total. The lowest BCUT2D eigenvalue weighted by atomic mass is 10.5. The molecule has 0 bridgehead atoms. The predicted molar refractivity (Wildman–Crippen MR) is 38.5 cm³/mol. The summed E-state index contributed by atoms with van der Waals surface area (Å²) in [5.74, 6) is -0.323. The number of hydrogen-bond donors (Lipinski definition) is 0. The number of methoxy groups -OCH3 is 1. The number of thioether (sulfide) groups is 1. The number of esters is 1. The van der Waals surface area contributed by atoms with Gasteiger partial charge in [0.1, 0.15) is 0 Å². The standard InChI is InChI=1S/C6H8O3S/c1-8-6-4(10-2)3-5(7)9-6/h3,6H,1-2H3. The molecule has 1 aliphatic rings. The molecule has 0 aliphatic carbocycles. The summed E-state index contributed by atoms with van der Waals surface area (Å²) < 4.78 is 9.59. The van der Waals surface area contributed by atoms with Crippen molar-refractivity contribution < 1.29 is 14.3 Å². The van der Waals surface area contributed by atoms with Crippen LogP contribution in [0, 0.1) is 0 Å². The lowest BCUT2D eigenvalue weighted by molar-refractivity contribution is -0.154. The van der Waals surface area contributed by atoms with E-state index in [1.54, 1.807) is 0 Å². The molecule has 3 nitrogen and oxygen atoms in total. The summed E-state index contributed by atoms with van der Waals surface area (Å²) in [5.41, 5.74) is 0. The van der Waals surface area contributed by atoms with Crippen molar-refractivity contribution in [2.75, 3.05) is 13.4 Å². The van der Waals surface area contributed by atoms with E-state index >= 15 is 0 Å². The first-order valence-electron chi connectivity index (χ1n) is 2.77. The van der Waals surface area contributed by atoms with Crippen LogP contribution in [-0.4, -0.2) is 25.6 Å². The largest absolute Gasteiger partial charge is 0.427 e. The van der Waals surface area contributed by atoms with E-state index in [0.29, 0.717) is 0 Å². The molecule has 1 heterocycles. The van der Waals surface area contributed by atoms with Gasteiger partial charge in [0.25, 0.3) is 0 Å². The molecule has 4 heteroatoms. The number of cyclic esters (lactones) is 1. The van der Waals surface area contributed by atoms with E-state index in [4.69, 9.17) is 9.47 Å². The van der Waals surface area contributed by atoms with Crippen LogP contribution >= 0.6 is 11.8 Å². The van der Waals surface area contributed by atoms with Gasteiger partial charge in [-0.15, -0.1) is 11.8 Å². The summed E-state index contributed by atoms with van der Waals surface area (Å²) >= 11 is 1.46. The lowest BCUT2D eigenvalue weighted by Crippen LogP contribution is -2.12. The average Bonchev–Trinajstić information content (AvgIpc) is 2.30. The molecule has 0 aromatic carbocycles. The van der Waals surface area contributed by atoms with Crippen LogP contribution in [0.25, 0.3) is 0 Å². The molecular formula is C6H8O3S. The molecule has 0 radical (unpaired) electrons. The van der Waals surface area contributed by atoms with Crippen LogP contribution in [0.3, 0.4) is 0 Å². The molecule has 56 valence electrons. The summed E-state index contributed by atoms with van der Waals surface area (Å²) in [6, 6.07) is 0. The normalized spacial score (nSPS) is 24.4. The molecule has 1 rings (SSSR count). The molecule has 0 fully saturated rings. The van der Waals surface area contributed by atoms with Crippen LogP contribution in [0.5, 0.6) is 0 Å². The second-order valence-electron chi connectivity index (χ2n) is 1.76. The van der Waals surface area contributed by atoms with Gasteiger partial charge in [-0.25, -0.2) is 4.79 Å². The van der Waals surface area contributed by atoms with E-state index in [0.717, 1.165) is 4.91 Å².